The van der Waals surface area contributed by atoms with Crippen molar-refractivity contribution in [3.63, 3.8) is 0 Å². The molecular formula is C5H11N3Na2O4. The van der Waals surface area contributed by atoms with Gasteiger partial charge in [-0.25, -0.2) is 4.79 Å². The van der Waals surface area contributed by atoms with E-state index in [0.29, 0.717) is 19.4 Å². The second-order valence-electron chi connectivity index (χ2n) is 2.50. The van der Waals surface area contributed by atoms with E-state index in [4.69, 9.17) is 10.3 Å². The van der Waals surface area contributed by atoms with Gasteiger partial charge in [0.2, 0.25) is 5.28 Å². The van der Waals surface area contributed by atoms with Crippen LogP contribution < -0.4 is 59.1 Å². The smallest absolute Gasteiger partial charge is 1.00 e. The molecule has 0 aromatic heterocycles. The largest absolute Gasteiger partial charge is 1.00 e. The molecule has 0 aromatic carbocycles. The third kappa shape index (κ3) is 3.92. The van der Waals surface area contributed by atoms with E-state index in [0.717, 1.165) is 5.01 Å². The average molecular weight is 223 g/mol. The molecule has 1 saturated heterocycles. The van der Waals surface area contributed by atoms with Crippen LogP contribution in [0.25, 0.3) is 0 Å². The summed E-state index contributed by atoms with van der Waals surface area (Å²) < 4.78 is 0. The topological polar surface area (TPSA) is 99.2 Å². The molecule has 1 heterocycles. The van der Waals surface area contributed by atoms with Crippen molar-refractivity contribution < 1.29 is 82.0 Å². The summed E-state index contributed by atoms with van der Waals surface area (Å²) >= 11 is 0. The first-order valence-corrected chi connectivity index (χ1v) is 3.48. The van der Waals surface area contributed by atoms with E-state index >= 15 is 0 Å². The predicted molar refractivity (Wildman–Crippen MR) is 37.4 cm³/mol. The quantitative estimate of drug-likeness (QED) is 0.210. The van der Waals surface area contributed by atoms with Crippen LogP contribution in [0.2, 0.25) is 0 Å². The summed E-state index contributed by atoms with van der Waals surface area (Å²) in [7, 11) is 0. The number of carboxylic acids is 1. The first-order chi connectivity index (χ1) is 5.66. The molecule has 2 N–H and O–H groups in total. The van der Waals surface area contributed by atoms with Crippen LogP contribution in [0.5, 0.6) is 0 Å². The van der Waals surface area contributed by atoms with Crippen molar-refractivity contribution in [1.29, 1.82) is 0 Å². The van der Waals surface area contributed by atoms with Crippen molar-refractivity contribution in [1.82, 2.24) is 5.01 Å². The van der Waals surface area contributed by atoms with Gasteiger partial charge in [0, 0.05) is 0 Å². The SMILES string of the molecule is O=C(O)[C@@H]1CCCN1/[N+]([O-])=N/O.[H-].[H-].[Na+].[Na+]. The van der Waals surface area contributed by atoms with Gasteiger partial charge in [-0.1, -0.05) is 0 Å². The Morgan fingerprint density at radius 2 is 2.21 bits per heavy atom. The van der Waals surface area contributed by atoms with Gasteiger partial charge in [0.25, 0.3) is 0 Å². The molecule has 1 fully saturated rings. The fourth-order valence-electron chi connectivity index (χ4n) is 1.26. The van der Waals surface area contributed by atoms with E-state index in [2.05, 4.69) is 5.28 Å². The molecule has 0 aromatic rings. The first-order valence-electron chi connectivity index (χ1n) is 3.48. The molecule has 9 heteroatoms. The van der Waals surface area contributed by atoms with Crippen LogP contribution >= 0.6 is 0 Å². The third-order valence-electron chi connectivity index (χ3n) is 1.81. The van der Waals surface area contributed by atoms with Crippen LogP contribution in [0.15, 0.2) is 5.28 Å². The van der Waals surface area contributed by atoms with Crippen LogP contribution in [-0.4, -0.2) is 38.8 Å². The van der Waals surface area contributed by atoms with Gasteiger partial charge in [-0.05, 0) is 12.8 Å². The van der Waals surface area contributed by atoms with Crippen molar-refractivity contribution >= 4 is 5.97 Å². The average Bonchev–Trinajstić information content (AvgIpc) is 2.50. The molecule has 0 saturated carbocycles. The van der Waals surface area contributed by atoms with Gasteiger partial charge in [-0.15, -0.1) is 5.01 Å². The number of aliphatic carboxylic acids is 1. The fraction of sp³-hybridized carbons (Fsp3) is 0.800. The van der Waals surface area contributed by atoms with Gasteiger partial charge >= 0.3 is 65.1 Å². The van der Waals surface area contributed by atoms with Crippen LogP contribution in [0.3, 0.4) is 0 Å². The van der Waals surface area contributed by atoms with Gasteiger partial charge in [0.15, 0.2) is 6.04 Å². The van der Waals surface area contributed by atoms with Crippen LogP contribution in [0, 0.1) is 5.21 Å². The number of hydrogen-bond donors (Lipinski definition) is 2. The van der Waals surface area contributed by atoms with Gasteiger partial charge in [0.05, 0.1) is 11.5 Å². The van der Waals surface area contributed by atoms with E-state index in [-0.39, 0.29) is 66.9 Å². The summed E-state index contributed by atoms with van der Waals surface area (Å²) in [6.07, 6.45) is 1.02. The van der Waals surface area contributed by atoms with Crippen molar-refractivity contribution in [3.8, 4) is 0 Å². The maximum absolute atomic E-state index is 10.7. The Kier molecular flexibility index (Phi) is 9.31. The zero-order valence-electron chi connectivity index (χ0n) is 10.3. The molecule has 1 aliphatic rings. The molecule has 1 atom stereocenters. The number of hydrazine groups is 1. The van der Waals surface area contributed by atoms with E-state index in [1.54, 1.807) is 0 Å². The number of carboxylic acid groups (broad SMARTS) is 1. The maximum Gasteiger partial charge on any atom is 1.00 e. The molecule has 0 unspecified atom stereocenters. The molecule has 0 bridgehead atoms. The van der Waals surface area contributed by atoms with Gasteiger partial charge < -0.3 is 18.4 Å². The molecule has 72 valence electrons. The fourth-order valence-corrected chi connectivity index (χ4v) is 1.26. The summed E-state index contributed by atoms with van der Waals surface area (Å²) in [6, 6.07) is -0.863. The zero-order valence-corrected chi connectivity index (χ0v) is 12.3. The monoisotopic (exact) mass is 223 g/mol. The number of rotatable bonds is 2. The molecule has 0 spiro atoms. The second-order valence-corrected chi connectivity index (χ2v) is 2.50. The summed E-state index contributed by atoms with van der Waals surface area (Å²) in [4.78, 5) is 10.4. The van der Waals surface area contributed by atoms with Gasteiger partial charge in [-0.2, -0.15) is 0 Å². The molecule has 14 heavy (non-hydrogen) atoms. The molecule has 0 aliphatic carbocycles. The Hall–Kier alpha value is 0.470. The van der Waals surface area contributed by atoms with Gasteiger partial charge in [-0.3, -0.25) is 0 Å². The minimum absolute atomic E-state index is 0. The van der Waals surface area contributed by atoms with Gasteiger partial charge in [0.1, 0.15) is 0 Å². The Balaban J connectivity index is -0.000000180. The summed E-state index contributed by atoms with van der Waals surface area (Å²) in [5.74, 6) is -1.07. The normalized spacial score (nSPS) is 21.0. The standard InChI is InChI=1S/C5H9N3O4.2Na.2H/c9-5(10)4-2-1-3-7(4)8(12)6-11;;;;/h4,11H,1-3H2,(H,9,10);;;;/q;2*+1;2*-1/b8-6-;;;;/t4-;;;;/m0..../s1. The van der Waals surface area contributed by atoms with Crippen molar-refractivity contribution in [3.05, 3.63) is 5.21 Å². The number of carbonyl (C=O) groups is 1. The number of hydrogen-bond acceptors (Lipinski definition) is 3. The van der Waals surface area contributed by atoms with Crippen molar-refractivity contribution in [2.24, 2.45) is 5.28 Å². The second kappa shape index (κ2) is 7.72. The maximum atomic E-state index is 10.7. The van der Waals surface area contributed by atoms with E-state index in [1.807, 2.05) is 0 Å². The summed E-state index contributed by atoms with van der Waals surface area (Å²) in [5, 5.41) is 30.7. The van der Waals surface area contributed by atoms with Crippen molar-refractivity contribution in [2.45, 2.75) is 18.9 Å². The van der Waals surface area contributed by atoms with E-state index < -0.39 is 12.0 Å². The Bertz CT molecular complexity index is 234. The van der Waals surface area contributed by atoms with Crippen LogP contribution in [0.1, 0.15) is 15.7 Å². The molecule has 0 radical (unpaired) electrons. The van der Waals surface area contributed by atoms with E-state index in [9.17, 15) is 10.0 Å². The Morgan fingerprint density at radius 3 is 2.64 bits per heavy atom. The van der Waals surface area contributed by atoms with Crippen LogP contribution in [0.4, 0.5) is 0 Å². The molecular weight excluding hydrogens is 212 g/mol. The molecule has 7 nitrogen and oxygen atoms in total. The van der Waals surface area contributed by atoms with E-state index in [1.165, 1.54) is 0 Å². The number of nitrogens with zero attached hydrogens (tertiary/aromatic N) is 3. The summed E-state index contributed by atoms with van der Waals surface area (Å²) in [6.45, 7) is 0.310. The molecule has 0 amide bonds. The minimum atomic E-state index is -1.07. The minimum Gasteiger partial charge on any atom is -1.00 e. The predicted octanol–water partition coefficient (Wildman–Crippen LogP) is -5.96. The Labute approximate surface area is 128 Å². The molecule has 1 aliphatic heterocycles. The first kappa shape index (κ1) is 16.9. The zero-order chi connectivity index (χ0) is 9.14. The third-order valence-corrected chi connectivity index (χ3v) is 1.81. The summed E-state index contributed by atoms with van der Waals surface area (Å²) in [5.41, 5.74) is 0. The Morgan fingerprint density at radius 1 is 1.64 bits per heavy atom. The van der Waals surface area contributed by atoms with Crippen LogP contribution in [-0.2, 0) is 4.79 Å². The molecule has 1 rings (SSSR count). The van der Waals surface area contributed by atoms with Crippen molar-refractivity contribution in [2.75, 3.05) is 6.54 Å².